The minimum Gasteiger partial charge on any atom is -0.463 e. The van der Waals surface area contributed by atoms with Gasteiger partial charge < -0.3 is 9.64 Å². The zero-order valence-corrected chi connectivity index (χ0v) is 17.8. The van der Waals surface area contributed by atoms with Crippen molar-refractivity contribution in [1.29, 1.82) is 0 Å². The molecule has 1 atom stereocenters. The van der Waals surface area contributed by atoms with Crippen LogP contribution in [0.3, 0.4) is 0 Å². The number of nitrogens with zero attached hydrogens (tertiary/aromatic N) is 1. The van der Waals surface area contributed by atoms with Crippen LogP contribution in [0.25, 0.3) is 0 Å². The van der Waals surface area contributed by atoms with Gasteiger partial charge in [0.15, 0.2) is 0 Å². The summed E-state index contributed by atoms with van der Waals surface area (Å²) < 4.78 is 5.38. The van der Waals surface area contributed by atoms with Crippen LogP contribution < -0.4 is 0 Å². The summed E-state index contributed by atoms with van der Waals surface area (Å²) in [7, 11) is 0. The average Bonchev–Trinajstić information content (AvgIpc) is 2.71. The maximum atomic E-state index is 13.2. The maximum Gasteiger partial charge on any atom is 0.336 e. The lowest BCUT2D eigenvalue weighted by atomic mass is 9.82. The molecule has 1 amide bonds. The molecule has 2 aromatic carbocycles. The molecule has 3 rings (SSSR count). The van der Waals surface area contributed by atoms with E-state index in [2.05, 4.69) is 0 Å². The number of halogens is 1. The molecule has 0 saturated heterocycles. The molecule has 0 radical (unpaired) electrons. The average molecular weight is 412 g/mol. The maximum absolute atomic E-state index is 13.2. The van der Waals surface area contributed by atoms with Gasteiger partial charge in [-0.25, -0.2) is 4.79 Å². The monoisotopic (exact) mass is 411 g/mol. The van der Waals surface area contributed by atoms with Crippen molar-refractivity contribution in [3.8, 4) is 0 Å². The van der Waals surface area contributed by atoms with Crippen molar-refractivity contribution in [2.24, 2.45) is 0 Å². The summed E-state index contributed by atoms with van der Waals surface area (Å²) in [5.74, 6) is -0.794. The van der Waals surface area contributed by atoms with Crippen molar-refractivity contribution in [3.63, 3.8) is 0 Å². The highest BCUT2D eigenvalue weighted by atomic mass is 35.5. The molecule has 0 bridgehead atoms. The molecular weight excluding hydrogens is 386 g/mol. The number of hydrogen-bond donors (Lipinski definition) is 0. The van der Waals surface area contributed by atoms with Crippen LogP contribution in [0, 0.1) is 6.92 Å². The topological polar surface area (TPSA) is 46.6 Å². The third-order valence-electron chi connectivity index (χ3n) is 5.37. The van der Waals surface area contributed by atoms with Gasteiger partial charge in [-0.3, -0.25) is 4.79 Å². The van der Waals surface area contributed by atoms with Gasteiger partial charge >= 0.3 is 5.97 Å². The molecular formula is C24H26ClNO3. The van der Waals surface area contributed by atoms with E-state index in [0.717, 1.165) is 16.7 Å². The normalized spacial score (nSPS) is 16.9. The number of carbonyl (C=O) groups is 2. The fraction of sp³-hybridized carbons (Fsp3) is 0.333. The Hall–Kier alpha value is -2.59. The Balaban J connectivity index is 2.12. The number of allylic oxidation sites excluding steroid dienone is 1. The van der Waals surface area contributed by atoms with E-state index in [4.69, 9.17) is 16.3 Å². The van der Waals surface area contributed by atoms with Crippen LogP contribution in [0.2, 0.25) is 5.02 Å². The molecule has 2 aromatic rings. The van der Waals surface area contributed by atoms with Gasteiger partial charge in [-0.2, -0.15) is 0 Å². The Morgan fingerprint density at radius 1 is 1.14 bits per heavy atom. The SMILES string of the molecule is CCOC(=O)C1=C(CC)N(Cc2ccccc2C)C(=O)CC1c1ccccc1Cl. The van der Waals surface area contributed by atoms with Gasteiger partial charge in [-0.1, -0.05) is 61.0 Å². The summed E-state index contributed by atoms with van der Waals surface area (Å²) in [6.45, 7) is 6.49. The van der Waals surface area contributed by atoms with E-state index in [1.807, 2.05) is 56.3 Å². The van der Waals surface area contributed by atoms with Gasteiger partial charge in [0.2, 0.25) is 5.91 Å². The van der Waals surface area contributed by atoms with Gasteiger partial charge in [-0.05, 0) is 43.0 Å². The molecule has 0 fully saturated rings. The number of rotatable bonds is 6. The third-order valence-corrected chi connectivity index (χ3v) is 5.71. The van der Waals surface area contributed by atoms with Crippen LogP contribution >= 0.6 is 11.6 Å². The van der Waals surface area contributed by atoms with Crippen LogP contribution in [-0.4, -0.2) is 23.4 Å². The highest BCUT2D eigenvalue weighted by Gasteiger charge is 2.38. The summed E-state index contributed by atoms with van der Waals surface area (Å²) in [6, 6.07) is 15.4. The molecule has 1 heterocycles. The van der Waals surface area contributed by atoms with E-state index in [9.17, 15) is 9.59 Å². The molecule has 0 saturated carbocycles. The van der Waals surface area contributed by atoms with Crippen molar-refractivity contribution in [2.45, 2.75) is 46.1 Å². The Morgan fingerprint density at radius 2 is 1.83 bits per heavy atom. The van der Waals surface area contributed by atoms with Gasteiger partial charge in [-0.15, -0.1) is 0 Å². The molecule has 5 heteroatoms. The number of ether oxygens (including phenoxy) is 1. The Labute approximate surface area is 177 Å². The quantitative estimate of drug-likeness (QED) is 0.598. The van der Waals surface area contributed by atoms with Crippen molar-refractivity contribution >= 4 is 23.5 Å². The van der Waals surface area contributed by atoms with Gasteiger partial charge in [0, 0.05) is 23.1 Å². The number of carbonyl (C=O) groups excluding carboxylic acids is 2. The van der Waals surface area contributed by atoms with Crippen LogP contribution in [0.1, 0.15) is 49.3 Å². The molecule has 29 heavy (non-hydrogen) atoms. The van der Waals surface area contributed by atoms with Crippen LogP contribution in [-0.2, 0) is 20.9 Å². The lowest BCUT2D eigenvalue weighted by Gasteiger charge is -2.36. The van der Waals surface area contributed by atoms with Gasteiger partial charge in [0.25, 0.3) is 0 Å². The number of amides is 1. The third kappa shape index (κ3) is 4.38. The second-order valence-corrected chi connectivity index (χ2v) is 7.53. The first-order valence-electron chi connectivity index (χ1n) is 9.97. The molecule has 0 N–H and O–H groups in total. The second kappa shape index (κ2) is 9.27. The van der Waals surface area contributed by atoms with E-state index in [1.165, 1.54) is 0 Å². The molecule has 4 nitrogen and oxygen atoms in total. The zero-order chi connectivity index (χ0) is 21.0. The minimum absolute atomic E-state index is 0.0110. The summed E-state index contributed by atoms with van der Waals surface area (Å²) in [6.07, 6.45) is 0.736. The van der Waals surface area contributed by atoms with Crippen molar-refractivity contribution in [1.82, 2.24) is 4.90 Å². The first-order valence-corrected chi connectivity index (χ1v) is 10.3. The summed E-state index contributed by atoms with van der Waals surface area (Å²) >= 11 is 6.43. The Kier molecular flexibility index (Phi) is 6.75. The number of esters is 1. The summed E-state index contributed by atoms with van der Waals surface area (Å²) in [5.41, 5.74) is 4.21. The van der Waals surface area contributed by atoms with E-state index in [-0.39, 0.29) is 24.9 Å². The number of aryl methyl sites for hydroxylation is 1. The molecule has 1 aliphatic heterocycles. The molecule has 0 aromatic heterocycles. The first-order chi connectivity index (χ1) is 14.0. The van der Waals surface area contributed by atoms with E-state index >= 15 is 0 Å². The van der Waals surface area contributed by atoms with E-state index in [0.29, 0.717) is 29.3 Å². The van der Waals surface area contributed by atoms with Gasteiger partial charge in [0.1, 0.15) is 0 Å². The minimum atomic E-state index is -0.404. The molecule has 0 spiro atoms. The van der Waals surface area contributed by atoms with Crippen molar-refractivity contribution < 1.29 is 14.3 Å². The number of hydrogen-bond acceptors (Lipinski definition) is 3. The largest absolute Gasteiger partial charge is 0.463 e. The second-order valence-electron chi connectivity index (χ2n) is 7.12. The predicted octanol–water partition coefficient (Wildman–Crippen LogP) is 5.39. The van der Waals surface area contributed by atoms with Crippen LogP contribution in [0.5, 0.6) is 0 Å². The summed E-state index contributed by atoms with van der Waals surface area (Å²) in [4.78, 5) is 27.9. The smallest absolute Gasteiger partial charge is 0.336 e. The van der Waals surface area contributed by atoms with Crippen molar-refractivity contribution in [2.75, 3.05) is 6.61 Å². The van der Waals surface area contributed by atoms with Crippen molar-refractivity contribution in [3.05, 3.63) is 81.5 Å². The first kappa shape index (κ1) is 21.1. The number of benzene rings is 2. The van der Waals surface area contributed by atoms with Crippen LogP contribution in [0.15, 0.2) is 59.8 Å². The standard InChI is InChI=1S/C24H26ClNO3/c1-4-21-23(24(28)29-5-2)19(18-12-8-9-13-20(18)25)14-22(27)26(21)15-17-11-7-6-10-16(17)3/h6-13,19H,4-5,14-15H2,1-3H3. The Bertz CT molecular complexity index is 951. The Morgan fingerprint density at radius 3 is 2.48 bits per heavy atom. The van der Waals surface area contributed by atoms with E-state index in [1.54, 1.807) is 17.9 Å². The summed E-state index contributed by atoms with van der Waals surface area (Å²) in [5, 5.41) is 0.551. The predicted molar refractivity (Wildman–Crippen MR) is 114 cm³/mol. The van der Waals surface area contributed by atoms with Crippen LogP contribution in [0.4, 0.5) is 0 Å². The molecule has 152 valence electrons. The highest BCUT2D eigenvalue weighted by molar-refractivity contribution is 6.31. The van der Waals surface area contributed by atoms with E-state index < -0.39 is 5.92 Å². The van der Waals surface area contributed by atoms with Gasteiger partial charge in [0.05, 0.1) is 18.7 Å². The molecule has 1 aliphatic rings. The fourth-order valence-electron chi connectivity index (χ4n) is 3.90. The molecule has 1 unspecified atom stereocenters. The highest BCUT2D eigenvalue weighted by Crippen LogP contribution is 2.41. The zero-order valence-electron chi connectivity index (χ0n) is 17.1. The fourth-order valence-corrected chi connectivity index (χ4v) is 4.17. The lowest BCUT2D eigenvalue weighted by molar-refractivity contribution is -0.140. The molecule has 0 aliphatic carbocycles. The lowest BCUT2D eigenvalue weighted by Crippen LogP contribution is -2.39.